The highest BCUT2D eigenvalue weighted by Crippen LogP contribution is 2.20. The molecule has 0 bridgehead atoms. The SMILES string of the molecule is O=C(O)/C(O)=C/C(=O)c1ccn(Sc2ccccc2)c1. The molecular weight excluding hydrogens is 278 g/mol. The fraction of sp³-hybridized carbons (Fsp3) is 0. The molecule has 0 amide bonds. The summed E-state index contributed by atoms with van der Waals surface area (Å²) in [7, 11) is 0. The molecule has 0 saturated carbocycles. The first-order valence-electron chi connectivity index (χ1n) is 5.66. The summed E-state index contributed by atoms with van der Waals surface area (Å²) in [5.74, 6) is -3.06. The third kappa shape index (κ3) is 3.52. The third-order valence-electron chi connectivity index (χ3n) is 2.39. The molecule has 1 aromatic carbocycles. The highest BCUT2D eigenvalue weighted by atomic mass is 32.2. The first-order valence-corrected chi connectivity index (χ1v) is 6.43. The van der Waals surface area contributed by atoms with Gasteiger partial charge in [-0.15, -0.1) is 0 Å². The van der Waals surface area contributed by atoms with Crippen LogP contribution < -0.4 is 0 Å². The molecule has 0 aliphatic rings. The van der Waals surface area contributed by atoms with Crippen LogP contribution in [0, 0.1) is 0 Å². The minimum Gasteiger partial charge on any atom is -0.502 e. The number of carboxylic acids is 1. The van der Waals surface area contributed by atoms with Gasteiger partial charge in [0.05, 0.1) is 0 Å². The molecule has 0 aliphatic carbocycles. The first kappa shape index (κ1) is 14.0. The molecule has 20 heavy (non-hydrogen) atoms. The quantitative estimate of drug-likeness (QED) is 0.502. The molecule has 0 saturated heterocycles. The van der Waals surface area contributed by atoms with E-state index in [9.17, 15) is 9.59 Å². The van der Waals surface area contributed by atoms with Crippen LogP contribution in [0.25, 0.3) is 0 Å². The summed E-state index contributed by atoms with van der Waals surface area (Å²) < 4.78 is 1.73. The first-order chi connectivity index (χ1) is 9.56. The summed E-state index contributed by atoms with van der Waals surface area (Å²) in [5.41, 5.74) is 0.307. The van der Waals surface area contributed by atoms with Gasteiger partial charge in [0, 0.05) is 28.9 Å². The van der Waals surface area contributed by atoms with Crippen LogP contribution in [0.5, 0.6) is 0 Å². The molecule has 0 atom stereocenters. The number of aliphatic carboxylic acids is 1. The van der Waals surface area contributed by atoms with Crippen molar-refractivity contribution in [1.82, 2.24) is 3.97 Å². The standard InChI is InChI=1S/C14H11NO4S/c16-12(8-13(17)14(18)19)10-6-7-15(9-10)20-11-4-2-1-3-5-11/h1-9,17H,(H,18,19)/b13-8-. The molecule has 2 aromatic rings. The molecule has 0 spiro atoms. The maximum Gasteiger partial charge on any atom is 0.371 e. The van der Waals surface area contributed by atoms with Crippen molar-refractivity contribution in [2.45, 2.75) is 4.90 Å². The van der Waals surface area contributed by atoms with Gasteiger partial charge in [-0.05, 0) is 30.1 Å². The molecule has 2 N–H and O–H groups in total. The molecule has 2 rings (SSSR count). The Morgan fingerprint density at radius 3 is 2.45 bits per heavy atom. The van der Waals surface area contributed by atoms with Crippen molar-refractivity contribution in [2.75, 3.05) is 0 Å². The number of carboxylic acid groups (broad SMARTS) is 1. The molecule has 1 aromatic heterocycles. The Bertz CT molecular complexity index is 661. The van der Waals surface area contributed by atoms with Crippen LogP contribution in [0.3, 0.4) is 0 Å². The predicted molar refractivity (Wildman–Crippen MR) is 74.8 cm³/mol. The Labute approximate surface area is 119 Å². The molecule has 0 fully saturated rings. The lowest BCUT2D eigenvalue weighted by Crippen LogP contribution is -2.03. The second kappa shape index (κ2) is 6.12. The molecule has 6 heteroatoms. The number of rotatable bonds is 5. The summed E-state index contributed by atoms with van der Waals surface area (Å²) in [6.45, 7) is 0. The number of aliphatic hydroxyl groups excluding tert-OH is 1. The predicted octanol–water partition coefficient (Wildman–Crippen LogP) is 2.75. The third-order valence-corrected chi connectivity index (χ3v) is 3.31. The van der Waals surface area contributed by atoms with E-state index >= 15 is 0 Å². The lowest BCUT2D eigenvalue weighted by molar-refractivity contribution is -0.135. The van der Waals surface area contributed by atoms with Crippen molar-refractivity contribution in [2.24, 2.45) is 0 Å². The van der Waals surface area contributed by atoms with E-state index in [1.807, 2.05) is 30.3 Å². The average Bonchev–Trinajstić information content (AvgIpc) is 2.88. The molecule has 5 nitrogen and oxygen atoms in total. The highest BCUT2D eigenvalue weighted by molar-refractivity contribution is 7.97. The molecule has 0 radical (unpaired) electrons. The molecular formula is C14H11NO4S. The Morgan fingerprint density at radius 1 is 1.10 bits per heavy atom. The lowest BCUT2D eigenvalue weighted by Gasteiger charge is -2.00. The Kier molecular flexibility index (Phi) is 4.27. The van der Waals surface area contributed by atoms with Crippen LogP contribution in [-0.4, -0.2) is 25.9 Å². The Balaban J connectivity index is 2.11. The van der Waals surface area contributed by atoms with Crippen molar-refractivity contribution < 1.29 is 19.8 Å². The highest BCUT2D eigenvalue weighted by Gasteiger charge is 2.10. The minimum atomic E-state index is -1.53. The van der Waals surface area contributed by atoms with Gasteiger partial charge < -0.3 is 10.2 Å². The summed E-state index contributed by atoms with van der Waals surface area (Å²) in [6.07, 6.45) is 3.96. The number of carbonyl (C=O) groups is 2. The second-order valence-electron chi connectivity index (χ2n) is 3.86. The van der Waals surface area contributed by atoms with Gasteiger partial charge in [-0.2, -0.15) is 0 Å². The topological polar surface area (TPSA) is 79.5 Å². The van der Waals surface area contributed by atoms with E-state index in [0.29, 0.717) is 11.6 Å². The number of ketones is 1. The Morgan fingerprint density at radius 2 is 1.80 bits per heavy atom. The van der Waals surface area contributed by atoms with Gasteiger partial charge in [-0.25, -0.2) is 4.79 Å². The number of aromatic nitrogens is 1. The fourth-order valence-electron chi connectivity index (χ4n) is 1.45. The smallest absolute Gasteiger partial charge is 0.371 e. The summed E-state index contributed by atoms with van der Waals surface area (Å²) in [4.78, 5) is 23.1. The number of hydrogen-bond donors (Lipinski definition) is 2. The van der Waals surface area contributed by atoms with Gasteiger partial charge in [0.2, 0.25) is 5.76 Å². The van der Waals surface area contributed by atoms with Crippen LogP contribution in [0.2, 0.25) is 0 Å². The molecule has 0 unspecified atom stereocenters. The number of benzene rings is 1. The van der Waals surface area contributed by atoms with Crippen LogP contribution in [0.1, 0.15) is 10.4 Å². The Hall–Kier alpha value is -2.47. The van der Waals surface area contributed by atoms with Crippen molar-refractivity contribution in [3.63, 3.8) is 0 Å². The van der Waals surface area contributed by atoms with Crippen LogP contribution >= 0.6 is 11.9 Å². The monoisotopic (exact) mass is 289 g/mol. The van der Waals surface area contributed by atoms with Gasteiger partial charge >= 0.3 is 5.97 Å². The zero-order chi connectivity index (χ0) is 14.5. The van der Waals surface area contributed by atoms with E-state index in [-0.39, 0.29) is 0 Å². The summed E-state index contributed by atoms with van der Waals surface area (Å²) in [6, 6.07) is 11.2. The van der Waals surface area contributed by atoms with E-state index < -0.39 is 17.5 Å². The minimum absolute atomic E-state index is 0.307. The summed E-state index contributed by atoms with van der Waals surface area (Å²) >= 11 is 1.42. The number of allylic oxidation sites excluding steroid dienone is 1. The van der Waals surface area contributed by atoms with Gasteiger partial charge in [0.25, 0.3) is 0 Å². The van der Waals surface area contributed by atoms with Crippen LogP contribution in [0.4, 0.5) is 0 Å². The molecule has 1 heterocycles. The van der Waals surface area contributed by atoms with E-state index in [1.165, 1.54) is 11.9 Å². The molecule has 0 aliphatic heterocycles. The molecule has 102 valence electrons. The fourth-order valence-corrected chi connectivity index (χ4v) is 2.26. The van der Waals surface area contributed by atoms with Crippen molar-refractivity contribution in [3.05, 3.63) is 66.2 Å². The van der Waals surface area contributed by atoms with E-state index in [0.717, 1.165) is 4.90 Å². The summed E-state index contributed by atoms with van der Waals surface area (Å²) in [5, 5.41) is 17.5. The lowest BCUT2D eigenvalue weighted by atomic mass is 10.2. The van der Waals surface area contributed by atoms with Gasteiger partial charge in [-0.1, -0.05) is 18.2 Å². The van der Waals surface area contributed by atoms with Gasteiger partial charge in [0.15, 0.2) is 5.78 Å². The zero-order valence-electron chi connectivity index (χ0n) is 10.3. The average molecular weight is 289 g/mol. The van der Waals surface area contributed by atoms with Crippen LogP contribution in [0.15, 0.2) is 65.5 Å². The van der Waals surface area contributed by atoms with Gasteiger partial charge in [-0.3, -0.25) is 8.77 Å². The maximum atomic E-state index is 11.7. The maximum absolute atomic E-state index is 11.7. The number of aliphatic hydroxyl groups is 1. The van der Waals surface area contributed by atoms with Crippen molar-refractivity contribution in [3.8, 4) is 0 Å². The van der Waals surface area contributed by atoms with Crippen molar-refractivity contribution in [1.29, 1.82) is 0 Å². The van der Waals surface area contributed by atoms with E-state index in [1.54, 1.807) is 22.4 Å². The van der Waals surface area contributed by atoms with Crippen LogP contribution in [-0.2, 0) is 4.79 Å². The van der Waals surface area contributed by atoms with Crippen molar-refractivity contribution >= 4 is 23.7 Å². The van der Waals surface area contributed by atoms with Gasteiger partial charge in [0.1, 0.15) is 0 Å². The number of nitrogens with zero attached hydrogens (tertiary/aromatic N) is 1. The second-order valence-corrected chi connectivity index (χ2v) is 4.94. The van der Waals surface area contributed by atoms with E-state index in [4.69, 9.17) is 10.2 Å². The zero-order valence-corrected chi connectivity index (χ0v) is 11.1. The normalized spacial score (nSPS) is 11.3. The number of carbonyl (C=O) groups excluding carboxylic acids is 1. The van der Waals surface area contributed by atoms with E-state index in [2.05, 4.69) is 0 Å². The largest absolute Gasteiger partial charge is 0.502 e. The number of hydrogen-bond acceptors (Lipinski definition) is 4.